The van der Waals surface area contributed by atoms with Crippen LogP contribution in [0.4, 0.5) is 11.4 Å². The number of amides is 2. The fraction of sp³-hybridized carbons (Fsp3) is 0.167. The van der Waals surface area contributed by atoms with Crippen LogP contribution in [0.3, 0.4) is 0 Å². The van der Waals surface area contributed by atoms with Gasteiger partial charge in [-0.25, -0.2) is 0 Å². The van der Waals surface area contributed by atoms with Crippen LogP contribution in [-0.2, 0) is 0 Å². The van der Waals surface area contributed by atoms with Crippen molar-refractivity contribution < 1.29 is 28.5 Å². The molecule has 2 amide bonds. The van der Waals surface area contributed by atoms with Crippen LogP contribution in [-0.4, -0.2) is 40.3 Å². The van der Waals surface area contributed by atoms with Crippen LogP contribution in [0, 0.1) is 0 Å². The summed E-state index contributed by atoms with van der Waals surface area (Å²) < 4.78 is 21.1. The number of para-hydroxylation sites is 1. The highest BCUT2D eigenvalue weighted by Crippen LogP contribution is 2.40. The minimum Gasteiger partial charge on any atom is -0.497 e. The Bertz CT molecular complexity index is 1090. The van der Waals surface area contributed by atoms with Crippen molar-refractivity contribution >= 4 is 23.2 Å². The second-order valence-corrected chi connectivity index (χ2v) is 6.60. The Morgan fingerprint density at radius 2 is 1.31 bits per heavy atom. The topological polar surface area (TPSA) is 95.1 Å². The van der Waals surface area contributed by atoms with E-state index in [2.05, 4.69) is 10.6 Å². The van der Waals surface area contributed by atoms with E-state index in [0.29, 0.717) is 45.5 Å². The predicted molar refractivity (Wildman–Crippen MR) is 121 cm³/mol. The number of hydrogen-bond acceptors (Lipinski definition) is 6. The van der Waals surface area contributed by atoms with Gasteiger partial charge in [0.1, 0.15) is 5.75 Å². The summed E-state index contributed by atoms with van der Waals surface area (Å²) in [5.74, 6) is 1.11. The van der Waals surface area contributed by atoms with Crippen LogP contribution in [0.25, 0.3) is 0 Å². The number of benzene rings is 3. The molecule has 0 spiro atoms. The Morgan fingerprint density at radius 3 is 1.88 bits per heavy atom. The maximum atomic E-state index is 13.0. The first-order valence-corrected chi connectivity index (χ1v) is 9.66. The van der Waals surface area contributed by atoms with Crippen molar-refractivity contribution in [2.75, 3.05) is 39.1 Å². The molecular formula is C24H24N2O6. The minimum absolute atomic E-state index is 0.295. The Morgan fingerprint density at radius 1 is 0.688 bits per heavy atom. The first-order valence-electron chi connectivity index (χ1n) is 9.66. The second kappa shape index (κ2) is 10.2. The molecule has 0 heterocycles. The van der Waals surface area contributed by atoms with Crippen molar-refractivity contribution in [3.8, 4) is 23.0 Å². The van der Waals surface area contributed by atoms with Crippen molar-refractivity contribution in [1.82, 2.24) is 0 Å². The normalized spacial score (nSPS) is 10.1. The highest BCUT2D eigenvalue weighted by molar-refractivity contribution is 6.12. The van der Waals surface area contributed by atoms with Gasteiger partial charge in [0.05, 0.1) is 39.7 Å². The third kappa shape index (κ3) is 4.92. The van der Waals surface area contributed by atoms with Gasteiger partial charge in [0.25, 0.3) is 11.8 Å². The van der Waals surface area contributed by atoms with E-state index in [-0.39, 0.29) is 5.91 Å². The van der Waals surface area contributed by atoms with Crippen LogP contribution in [0.5, 0.6) is 23.0 Å². The van der Waals surface area contributed by atoms with Gasteiger partial charge >= 0.3 is 0 Å². The molecule has 8 nitrogen and oxygen atoms in total. The maximum Gasteiger partial charge on any atom is 0.257 e. The van der Waals surface area contributed by atoms with E-state index >= 15 is 0 Å². The molecule has 0 radical (unpaired) electrons. The summed E-state index contributed by atoms with van der Waals surface area (Å²) in [5.41, 5.74) is 1.55. The van der Waals surface area contributed by atoms with E-state index < -0.39 is 5.91 Å². The molecule has 32 heavy (non-hydrogen) atoms. The Kier molecular flexibility index (Phi) is 7.17. The summed E-state index contributed by atoms with van der Waals surface area (Å²) in [7, 11) is 6.04. The van der Waals surface area contributed by atoms with Crippen molar-refractivity contribution in [3.63, 3.8) is 0 Å². The minimum atomic E-state index is -0.412. The first kappa shape index (κ1) is 22.5. The van der Waals surface area contributed by atoms with E-state index in [0.717, 1.165) is 0 Å². The van der Waals surface area contributed by atoms with Crippen LogP contribution in [0.2, 0.25) is 0 Å². The van der Waals surface area contributed by atoms with Gasteiger partial charge in [-0.15, -0.1) is 0 Å². The van der Waals surface area contributed by atoms with Crippen LogP contribution < -0.4 is 29.6 Å². The lowest BCUT2D eigenvalue weighted by atomic mass is 10.1. The van der Waals surface area contributed by atoms with Gasteiger partial charge in [-0.05, 0) is 36.4 Å². The highest BCUT2D eigenvalue weighted by Gasteiger charge is 2.18. The fourth-order valence-electron chi connectivity index (χ4n) is 3.08. The molecule has 3 rings (SSSR count). The third-order valence-corrected chi connectivity index (χ3v) is 4.69. The molecule has 0 fully saturated rings. The van der Waals surface area contributed by atoms with Crippen LogP contribution in [0.1, 0.15) is 20.7 Å². The third-order valence-electron chi connectivity index (χ3n) is 4.69. The number of rotatable bonds is 8. The van der Waals surface area contributed by atoms with E-state index in [4.69, 9.17) is 18.9 Å². The van der Waals surface area contributed by atoms with Crippen molar-refractivity contribution in [2.45, 2.75) is 0 Å². The molecule has 3 aromatic carbocycles. The Hall–Kier alpha value is -4.20. The maximum absolute atomic E-state index is 13.0. The quantitative estimate of drug-likeness (QED) is 0.549. The van der Waals surface area contributed by atoms with Gasteiger partial charge in [-0.2, -0.15) is 0 Å². The van der Waals surface area contributed by atoms with Crippen LogP contribution in [0.15, 0.2) is 60.7 Å². The number of methoxy groups -OCH3 is 4. The summed E-state index contributed by atoms with van der Waals surface area (Å²) in [6, 6.07) is 16.7. The highest BCUT2D eigenvalue weighted by atomic mass is 16.5. The molecule has 0 atom stereocenters. The molecule has 0 saturated heterocycles. The fourth-order valence-corrected chi connectivity index (χ4v) is 3.08. The van der Waals surface area contributed by atoms with E-state index in [1.165, 1.54) is 21.3 Å². The van der Waals surface area contributed by atoms with E-state index in [1.807, 2.05) is 0 Å². The number of nitrogens with one attached hydrogen (secondary N) is 2. The average molecular weight is 436 g/mol. The number of hydrogen-bond donors (Lipinski definition) is 2. The molecule has 3 aromatic rings. The molecule has 0 aromatic heterocycles. The zero-order valence-corrected chi connectivity index (χ0v) is 18.2. The summed E-state index contributed by atoms with van der Waals surface area (Å²) in [4.78, 5) is 25.7. The Balaban J connectivity index is 1.83. The van der Waals surface area contributed by atoms with Gasteiger partial charge in [0.2, 0.25) is 5.75 Å². The number of ether oxygens (including phenoxy) is 4. The van der Waals surface area contributed by atoms with Crippen molar-refractivity contribution in [1.29, 1.82) is 0 Å². The van der Waals surface area contributed by atoms with Crippen LogP contribution >= 0.6 is 0 Å². The number of anilines is 2. The molecule has 8 heteroatoms. The molecule has 0 aliphatic rings. The van der Waals surface area contributed by atoms with E-state index in [9.17, 15) is 9.59 Å². The molecule has 0 unspecified atom stereocenters. The lowest BCUT2D eigenvalue weighted by Crippen LogP contribution is -2.18. The molecule has 0 saturated carbocycles. The Labute approximate surface area is 186 Å². The largest absolute Gasteiger partial charge is 0.497 e. The number of carbonyl (C=O) groups excluding carboxylic acids is 2. The average Bonchev–Trinajstić information content (AvgIpc) is 2.83. The zero-order chi connectivity index (χ0) is 23.1. The SMILES string of the molecule is COc1ccc(C(=O)Nc2ccccc2C(=O)Nc2cc(OC)c(OC)c(OC)c2)cc1. The molecule has 0 bridgehead atoms. The van der Waals surface area contributed by atoms with Crippen molar-refractivity contribution in [3.05, 3.63) is 71.8 Å². The molecule has 0 aliphatic heterocycles. The van der Waals surface area contributed by atoms with Gasteiger partial charge in [0.15, 0.2) is 11.5 Å². The lowest BCUT2D eigenvalue weighted by Gasteiger charge is -2.15. The monoisotopic (exact) mass is 436 g/mol. The number of carbonyl (C=O) groups is 2. The molecular weight excluding hydrogens is 412 g/mol. The standard InChI is InChI=1S/C24H24N2O6/c1-29-17-11-9-15(10-12-17)23(27)26-19-8-6-5-7-18(19)24(28)25-16-13-20(30-2)22(32-4)21(14-16)31-3/h5-14H,1-4H3,(H,25,28)(H,26,27). The first-order chi connectivity index (χ1) is 15.5. The molecule has 0 aliphatic carbocycles. The smallest absolute Gasteiger partial charge is 0.257 e. The van der Waals surface area contributed by atoms with Crippen molar-refractivity contribution in [2.24, 2.45) is 0 Å². The molecule has 166 valence electrons. The van der Waals surface area contributed by atoms with Gasteiger partial charge in [-0.1, -0.05) is 12.1 Å². The predicted octanol–water partition coefficient (Wildman–Crippen LogP) is 4.23. The zero-order valence-electron chi connectivity index (χ0n) is 18.2. The summed E-state index contributed by atoms with van der Waals surface area (Å²) >= 11 is 0. The van der Waals surface area contributed by atoms with Gasteiger partial charge < -0.3 is 29.6 Å². The summed E-state index contributed by atoms with van der Waals surface area (Å²) in [6.07, 6.45) is 0. The van der Waals surface area contributed by atoms with Gasteiger partial charge in [0, 0.05) is 23.4 Å². The van der Waals surface area contributed by atoms with Gasteiger partial charge in [-0.3, -0.25) is 9.59 Å². The summed E-state index contributed by atoms with van der Waals surface area (Å²) in [6.45, 7) is 0. The second-order valence-electron chi connectivity index (χ2n) is 6.60. The van der Waals surface area contributed by atoms with E-state index in [1.54, 1.807) is 67.8 Å². The summed E-state index contributed by atoms with van der Waals surface area (Å²) in [5, 5.41) is 5.59. The molecule has 2 N–H and O–H groups in total. The lowest BCUT2D eigenvalue weighted by molar-refractivity contribution is 0.102.